The van der Waals surface area contributed by atoms with Crippen molar-refractivity contribution in [2.24, 2.45) is 0 Å². The standard InChI is InChI=1S/C25H26N4O2/c1-17-9-10-18(2)21(14-17)28-25(31)24(30)27-16-23(20-7-5-12-26-15-20)29-13-11-19-6-3-4-8-22(19)29/h3-10,12,14-15,23H,11,13,16H2,1-2H3,(H,27,30)(H,28,31)/t23-/m1/s1. The molecule has 4 rings (SSSR count). The smallest absolute Gasteiger partial charge is 0.313 e. The maximum absolute atomic E-state index is 12.6. The minimum absolute atomic E-state index is 0.116. The van der Waals surface area contributed by atoms with Gasteiger partial charge in [-0.3, -0.25) is 14.6 Å². The third-order valence-electron chi connectivity index (χ3n) is 5.67. The number of para-hydroxylation sites is 1. The van der Waals surface area contributed by atoms with Crippen LogP contribution in [0, 0.1) is 13.8 Å². The Labute approximate surface area is 182 Å². The van der Waals surface area contributed by atoms with Gasteiger partial charge in [-0.1, -0.05) is 36.4 Å². The molecule has 3 aromatic rings. The molecular formula is C25H26N4O2. The van der Waals surface area contributed by atoms with Crippen LogP contribution in [0.5, 0.6) is 0 Å². The van der Waals surface area contributed by atoms with Crippen LogP contribution in [0.4, 0.5) is 11.4 Å². The Balaban J connectivity index is 1.48. The predicted octanol–water partition coefficient (Wildman–Crippen LogP) is 3.56. The van der Waals surface area contributed by atoms with Gasteiger partial charge in [0.25, 0.3) is 0 Å². The highest BCUT2D eigenvalue weighted by molar-refractivity contribution is 6.39. The van der Waals surface area contributed by atoms with Crippen LogP contribution in [-0.4, -0.2) is 29.9 Å². The SMILES string of the molecule is Cc1ccc(C)c(NC(=O)C(=O)NC[C@H](c2cccnc2)N2CCc3ccccc32)c1. The van der Waals surface area contributed by atoms with Crippen molar-refractivity contribution in [3.8, 4) is 0 Å². The molecule has 0 fully saturated rings. The summed E-state index contributed by atoms with van der Waals surface area (Å²) >= 11 is 0. The van der Waals surface area contributed by atoms with Gasteiger partial charge in [0.2, 0.25) is 0 Å². The molecule has 1 atom stereocenters. The molecule has 0 saturated heterocycles. The van der Waals surface area contributed by atoms with E-state index >= 15 is 0 Å². The summed E-state index contributed by atoms with van der Waals surface area (Å²) in [7, 11) is 0. The largest absolute Gasteiger partial charge is 0.362 e. The third kappa shape index (κ3) is 4.58. The summed E-state index contributed by atoms with van der Waals surface area (Å²) in [5, 5.41) is 5.55. The number of amides is 2. The highest BCUT2D eigenvalue weighted by Gasteiger charge is 2.28. The monoisotopic (exact) mass is 414 g/mol. The van der Waals surface area contributed by atoms with Gasteiger partial charge in [0, 0.05) is 36.9 Å². The van der Waals surface area contributed by atoms with Gasteiger partial charge >= 0.3 is 11.8 Å². The summed E-state index contributed by atoms with van der Waals surface area (Å²) in [5.41, 5.74) is 6.02. The Morgan fingerprint density at radius 1 is 1.06 bits per heavy atom. The van der Waals surface area contributed by atoms with Crippen molar-refractivity contribution in [2.45, 2.75) is 26.3 Å². The molecule has 31 heavy (non-hydrogen) atoms. The van der Waals surface area contributed by atoms with Crippen LogP contribution in [-0.2, 0) is 16.0 Å². The van der Waals surface area contributed by atoms with E-state index in [1.165, 1.54) is 5.56 Å². The van der Waals surface area contributed by atoms with E-state index in [4.69, 9.17) is 0 Å². The van der Waals surface area contributed by atoms with Crippen LogP contribution < -0.4 is 15.5 Å². The van der Waals surface area contributed by atoms with Crippen molar-refractivity contribution < 1.29 is 9.59 Å². The van der Waals surface area contributed by atoms with Gasteiger partial charge in [-0.2, -0.15) is 0 Å². The van der Waals surface area contributed by atoms with E-state index in [2.05, 4.69) is 32.7 Å². The number of nitrogens with zero attached hydrogens (tertiary/aromatic N) is 2. The number of fused-ring (bicyclic) bond motifs is 1. The minimum Gasteiger partial charge on any atom is -0.362 e. The maximum Gasteiger partial charge on any atom is 0.313 e. The summed E-state index contributed by atoms with van der Waals surface area (Å²) in [6, 6.07) is 17.8. The van der Waals surface area contributed by atoms with Gasteiger partial charge in [0.1, 0.15) is 0 Å². The number of benzene rings is 2. The van der Waals surface area contributed by atoms with Crippen molar-refractivity contribution in [1.29, 1.82) is 0 Å². The molecule has 6 heteroatoms. The molecular weight excluding hydrogens is 388 g/mol. The van der Waals surface area contributed by atoms with Gasteiger partial charge in [-0.15, -0.1) is 0 Å². The van der Waals surface area contributed by atoms with E-state index < -0.39 is 11.8 Å². The lowest BCUT2D eigenvalue weighted by atomic mass is 10.1. The van der Waals surface area contributed by atoms with Gasteiger partial charge in [0.15, 0.2) is 0 Å². The zero-order chi connectivity index (χ0) is 21.8. The van der Waals surface area contributed by atoms with Gasteiger partial charge in [-0.25, -0.2) is 0 Å². The van der Waals surface area contributed by atoms with Crippen LogP contribution in [0.1, 0.15) is 28.3 Å². The Morgan fingerprint density at radius 2 is 1.90 bits per heavy atom. The number of nitrogens with one attached hydrogen (secondary N) is 2. The summed E-state index contributed by atoms with van der Waals surface area (Å²) < 4.78 is 0. The average Bonchev–Trinajstić information content (AvgIpc) is 3.21. The topological polar surface area (TPSA) is 74.3 Å². The fourth-order valence-electron chi connectivity index (χ4n) is 3.99. The normalized spacial score (nSPS) is 13.4. The Hall–Kier alpha value is -3.67. The van der Waals surface area contributed by atoms with Crippen molar-refractivity contribution >= 4 is 23.2 Å². The number of rotatable bonds is 5. The van der Waals surface area contributed by atoms with Gasteiger partial charge in [-0.05, 0) is 60.7 Å². The van der Waals surface area contributed by atoms with Gasteiger partial charge in [0.05, 0.1) is 6.04 Å². The third-order valence-corrected chi connectivity index (χ3v) is 5.67. The van der Waals surface area contributed by atoms with E-state index in [9.17, 15) is 9.59 Å². The Morgan fingerprint density at radius 3 is 2.71 bits per heavy atom. The zero-order valence-electron chi connectivity index (χ0n) is 17.8. The van der Waals surface area contributed by atoms with E-state index in [1.54, 1.807) is 6.20 Å². The molecule has 1 aromatic heterocycles. The molecule has 2 heterocycles. The number of carbonyl (C=O) groups excluding carboxylic acids is 2. The lowest BCUT2D eigenvalue weighted by molar-refractivity contribution is -0.136. The molecule has 2 N–H and O–H groups in total. The Bertz CT molecular complexity index is 1100. The quantitative estimate of drug-likeness (QED) is 0.626. The molecule has 1 aliphatic rings. The van der Waals surface area contributed by atoms with Gasteiger partial charge < -0.3 is 15.5 Å². The fraction of sp³-hybridized carbons (Fsp3) is 0.240. The second kappa shape index (κ2) is 9.00. The molecule has 0 radical (unpaired) electrons. The van der Waals surface area contributed by atoms with E-state index in [0.717, 1.165) is 35.3 Å². The second-order valence-electron chi connectivity index (χ2n) is 7.86. The highest BCUT2D eigenvalue weighted by Crippen LogP contribution is 2.34. The van der Waals surface area contributed by atoms with E-state index in [0.29, 0.717) is 12.2 Å². The van der Waals surface area contributed by atoms with E-state index in [1.807, 2.05) is 62.5 Å². The lowest BCUT2D eigenvalue weighted by Crippen LogP contribution is -2.42. The minimum atomic E-state index is -0.666. The molecule has 2 aromatic carbocycles. The molecule has 158 valence electrons. The number of aromatic nitrogens is 1. The Kier molecular flexibility index (Phi) is 5.98. The molecule has 0 aliphatic carbocycles. The molecule has 0 saturated carbocycles. The highest BCUT2D eigenvalue weighted by atomic mass is 16.2. The van der Waals surface area contributed by atoms with Crippen LogP contribution in [0.25, 0.3) is 0 Å². The number of hydrogen-bond donors (Lipinski definition) is 2. The number of pyridine rings is 1. The van der Waals surface area contributed by atoms with Crippen molar-refractivity contribution in [3.05, 3.63) is 89.2 Å². The molecule has 6 nitrogen and oxygen atoms in total. The van der Waals surface area contributed by atoms with Crippen LogP contribution in [0.3, 0.4) is 0 Å². The van der Waals surface area contributed by atoms with Crippen molar-refractivity contribution in [2.75, 3.05) is 23.3 Å². The second-order valence-corrected chi connectivity index (χ2v) is 7.86. The van der Waals surface area contributed by atoms with Crippen molar-refractivity contribution in [3.63, 3.8) is 0 Å². The molecule has 2 amide bonds. The number of carbonyl (C=O) groups is 2. The summed E-state index contributed by atoms with van der Waals surface area (Å²) in [6.07, 6.45) is 4.50. The van der Waals surface area contributed by atoms with E-state index in [-0.39, 0.29) is 6.04 Å². The fourth-order valence-corrected chi connectivity index (χ4v) is 3.99. The first-order chi connectivity index (χ1) is 15.0. The number of aryl methyl sites for hydroxylation is 2. The number of hydrogen-bond acceptors (Lipinski definition) is 4. The van der Waals surface area contributed by atoms with Crippen LogP contribution >= 0.6 is 0 Å². The lowest BCUT2D eigenvalue weighted by Gasteiger charge is -2.30. The average molecular weight is 415 g/mol. The molecule has 0 bridgehead atoms. The first kappa shape index (κ1) is 20.6. The van der Waals surface area contributed by atoms with Crippen LogP contribution in [0.2, 0.25) is 0 Å². The molecule has 0 spiro atoms. The summed E-state index contributed by atoms with van der Waals surface area (Å²) in [5.74, 6) is -1.32. The molecule has 0 unspecified atom stereocenters. The first-order valence-corrected chi connectivity index (χ1v) is 10.4. The molecule has 1 aliphatic heterocycles. The predicted molar refractivity (Wildman–Crippen MR) is 122 cm³/mol. The van der Waals surface area contributed by atoms with Crippen LogP contribution in [0.15, 0.2) is 67.0 Å². The van der Waals surface area contributed by atoms with Crippen molar-refractivity contribution in [1.82, 2.24) is 10.3 Å². The maximum atomic E-state index is 12.6. The summed E-state index contributed by atoms with van der Waals surface area (Å²) in [6.45, 7) is 5.00. The summed E-state index contributed by atoms with van der Waals surface area (Å²) in [4.78, 5) is 31.6. The number of anilines is 2. The zero-order valence-corrected chi connectivity index (χ0v) is 17.8. The first-order valence-electron chi connectivity index (χ1n) is 10.4.